The lowest BCUT2D eigenvalue weighted by Gasteiger charge is -2.23. The van der Waals surface area contributed by atoms with Gasteiger partial charge in [-0.2, -0.15) is 0 Å². The van der Waals surface area contributed by atoms with Crippen molar-refractivity contribution < 1.29 is 14.0 Å². The van der Waals surface area contributed by atoms with Crippen molar-refractivity contribution >= 4 is 5.97 Å². The van der Waals surface area contributed by atoms with Gasteiger partial charge in [-0.1, -0.05) is 39.0 Å². The van der Waals surface area contributed by atoms with Gasteiger partial charge >= 0.3 is 5.97 Å². The van der Waals surface area contributed by atoms with Gasteiger partial charge in [-0.25, -0.2) is 0 Å². The number of hydrogen-bond acceptors (Lipinski definition) is 2. The Bertz CT molecular complexity index is 197. The zero-order chi connectivity index (χ0) is 13.1. The molecule has 0 aromatic carbocycles. The quantitative estimate of drug-likeness (QED) is 0.335. The molecule has 0 amide bonds. The van der Waals surface area contributed by atoms with E-state index in [1.807, 2.05) is 0 Å². The topological polar surface area (TPSA) is 26.3 Å². The van der Waals surface area contributed by atoms with Gasteiger partial charge < -0.3 is 9.22 Å². The Labute approximate surface area is 107 Å². The summed E-state index contributed by atoms with van der Waals surface area (Å²) in [6, 6.07) is 0. The van der Waals surface area contributed by atoms with Crippen LogP contribution in [0, 0.1) is 0 Å². The van der Waals surface area contributed by atoms with Crippen LogP contribution in [-0.2, 0) is 9.53 Å². The molecule has 0 aromatic rings. The lowest BCUT2D eigenvalue weighted by molar-refractivity contribution is -0.870. The third-order valence-corrected chi connectivity index (χ3v) is 2.76. The van der Waals surface area contributed by atoms with E-state index in [-0.39, 0.29) is 5.97 Å². The Morgan fingerprint density at radius 3 is 2.18 bits per heavy atom. The molecule has 0 rings (SSSR count). The van der Waals surface area contributed by atoms with Gasteiger partial charge in [-0.05, 0) is 6.42 Å². The van der Waals surface area contributed by atoms with Crippen LogP contribution in [0.4, 0.5) is 0 Å². The van der Waals surface area contributed by atoms with Crippen LogP contribution >= 0.6 is 0 Å². The Balaban J connectivity index is 3.29. The maximum Gasteiger partial charge on any atom is 0.305 e. The summed E-state index contributed by atoms with van der Waals surface area (Å²) >= 11 is 0. The minimum absolute atomic E-state index is 0.0334. The van der Waals surface area contributed by atoms with Crippen molar-refractivity contribution in [1.82, 2.24) is 0 Å². The predicted octanol–water partition coefficient (Wildman–Crippen LogP) is 2.99. The molecule has 0 spiro atoms. The van der Waals surface area contributed by atoms with Crippen LogP contribution in [0.3, 0.4) is 0 Å². The molecule has 0 unspecified atom stereocenters. The van der Waals surface area contributed by atoms with Gasteiger partial charge in [0.25, 0.3) is 0 Å². The van der Waals surface area contributed by atoms with Crippen molar-refractivity contribution in [2.24, 2.45) is 0 Å². The second-order valence-corrected chi connectivity index (χ2v) is 5.75. The third-order valence-electron chi connectivity index (χ3n) is 2.76. The Hall–Kier alpha value is -0.570. The highest BCUT2D eigenvalue weighted by Crippen LogP contribution is 2.07. The first-order valence-corrected chi connectivity index (χ1v) is 6.92. The first-order valence-electron chi connectivity index (χ1n) is 6.92. The fourth-order valence-electron chi connectivity index (χ4n) is 1.56. The van der Waals surface area contributed by atoms with Crippen LogP contribution < -0.4 is 0 Å². The van der Waals surface area contributed by atoms with E-state index in [0.717, 1.165) is 23.9 Å². The van der Waals surface area contributed by atoms with Gasteiger partial charge in [0.05, 0.1) is 21.1 Å². The molecule has 0 aliphatic carbocycles. The maximum atomic E-state index is 11.4. The Morgan fingerprint density at radius 1 is 1.00 bits per heavy atom. The minimum Gasteiger partial charge on any atom is -0.460 e. The van der Waals surface area contributed by atoms with Crippen molar-refractivity contribution in [2.45, 2.75) is 51.9 Å². The molecule has 0 N–H and O–H groups in total. The van der Waals surface area contributed by atoms with Crippen molar-refractivity contribution in [3.8, 4) is 0 Å². The van der Waals surface area contributed by atoms with Gasteiger partial charge in [0, 0.05) is 6.42 Å². The summed E-state index contributed by atoms with van der Waals surface area (Å²) in [5, 5.41) is 0. The number of quaternary nitrogens is 1. The largest absolute Gasteiger partial charge is 0.460 e. The molecular formula is C14H30NO2+. The molecule has 0 aliphatic rings. The van der Waals surface area contributed by atoms with E-state index in [4.69, 9.17) is 4.74 Å². The monoisotopic (exact) mass is 244 g/mol. The fraction of sp³-hybridized carbons (Fsp3) is 0.929. The van der Waals surface area contributed by atoms with E-state index >= 15 is 0 Å². The SMILES string of the molecule is CCCCCCCCC(=O)OCC[N+](C)(C)C. The highest BCUT2D eigenvalue weighted by atomic mass is 16.5. The average molecular weight is 244 g/mol. The number of nitrogens with zero attached hydrogens (tertiary/aromatic N) is 1. The van der Waals surface area contributed by atoms with E-state index in [0.29, 0.717) is 13.0 Å². The molecule has 0 heterocycles. The molecule has 3 heteroatoms. The lowest BCUT2D eigenvalue weighted by atomic mass is 10.1. The van der Waals surface area contributed by atoms with E-state index in [1.54, 1.807) is 0 Å². The third kappa shape index (κ3) is 13.4. The molecule has 0 atom stereocenters. The first-order chi connectivity index (χ1) is 7.95. The Morgan fingerprint density at radius 2 is 1.59 bits per heavy atom. The van der Waals surface area contributed by atoms with E-state index < -0.39 is 0 Å². The standard InChI is InChI=1S/C14H30NO2/c1-5-6-7-8-9-10-11-14(16)17-13-12-15(2,3)4/h5-13H2,1-4H3/q+1. The number of esters is 1. The lowest BCUT2D eigenvalue weighted by Crippen LogP contribution is -2.37. The number of carbonyl (C=O) groups excluding carboxylic acids is 1. The molecule has 0 radical (unpaired) electrons. The molecule has 0 saturated carbocycles. The normalized spacial score (nSPS) is 11.5. The molecule has 0 saturated heterocycles. The number of likely N-dealkylation sites (N-methyl/N-ethyl adjacent to an activating group) is 1. The van der Waals surface area contributed by atoms with Crippen molar-refractivity contribution in [3.63, 3.8) is 0 Å². The second kappa shape index (κ2) is 9.46. The molecule has 0 bridgehead atoms. The highest BCUT2D eigenvalue weighted by molar-refractivity contribution is 5.69. The van der Waals surface area contributed by atoms with Crippen LogP contribution in [0.25, 0.3) is 0 Å². The van der Waals surface area contributed by atoms with Crippen LogP contribution in [0.1, 0.15) is 51.9 Å². The summed E-state index contributed by atoms with van der Waals surface area (Å²) in [5.41, 5.74) is 0. The summed E-state index contributed by atoms with van der Waals surface area (Å²) in [7, 11) is 6.30. The van der Waals surface area contributed by atoms with Crippen LogP contribution in [-0.4, -0.2) is 44.7 Å². The first kappa shape index (κ1) is 16.4. The van der Waals surface area contributed by atoms with E-state index in [9.17, 15) is 4.79 Å². The summed E-state index contributed by atoms with van der Waals surface area (Å²) < 4.78 is 6.03. The number of ether oxygens (including phenoxy) is 1. The molecule has 0 aromatic heterocycles. The van der Waals surface area contributed by atoms with E-state index in [2.05, 4.69) is 28.1 Å². The summed E-state index contributed by atoms with van der Waals surface area (Å²) in [4.78, 5) is 11.4. The Kier molecular flexibility index (Phi) is 9.14. The summed E-state index contributed by atoms with van der Waals surface area (Å²) in [6.07, 6.45) is 7.86. The van der Waals surface area contributed by atoms with Gasteiger partial charge in [-0.3, -0.25) is 4.79 Å². The average Bonchev–Trinajstić information content (AvgIpc) is 2.21. The van der Waals surface area contributed by atoms with Crippen LogP contribution in [0.5, 0.6) is 0 Å². The summed E-state index contributed by atoms with van der Waals surface area (Å²) in [5.74, 6) is -0.0334. The van der Waals surface area contributed by atoms with Gasteiger partial charge in [0.15, 0.2) is 0 Å². The number of carbonyl (C=O) groups is 1. The molecular weight excluding hydrogens is 214 g/mol. The molecule has 0 fully saturated rings. The van der Waals surface area contributed by atoms with Crippen LogP contribution in [0.2, 0.25) is 0 Å². The van der Waals surface area contributed by atoms with Crippen molar-refractivity contribution in [2.75, 3.05) is 34.3 Å². The number of rotatable bonds is 10. The molecule has 0 aliphatic heterocycles. The fourth-order valence-corrected chi connectivity index (χ4v) is 1.56. The highest BCUT2D eigenvalue weighted by Gasteiger charge is 2.08. The maximum absolute atomic E-state index is 11.4. The summed E-state index contributed by atoms with van der Waals surface area (Å²) in [6.45, 7) is 3.63. The smallest absolute Gasteiger partial charge is 0.305 e. The zero-order valence-corrected chi connectivity index (χ0v) is 12.1. The zero-order valence-electron chi connectivity index (χ0n) is 12.1. The molecule has 3 nitrogen and oxygen atoms in total. The molecule has 102 valence electrons. The second-order valence-electron chi connectivity index (χ2n) is 5.75. The minimum atomic E-state index is -0.0334. The number of hydrogen-bond donors (Lipinski definition) is 0. The number of unbranched alkanes of at least 4 members (excludes halogenated alkanes) is 5. The van der Waals surface area contributed by atoms with Gasteiger partial charge in [-0.15, -0.1) is 0 Å². The van der Waals surface area contributed by atoms with Crippen molar-refractivity contribution in [1.29, 1.82) is 0 Å². The van der Waals surface area contributed by atoms with Gasteiger partial charge in [0.1, 0.15) is 13.2 Å². The van der Waals surface area contributed by atoms with Gasteiger partial charge in [0.2, 0.25) is 0 Å². The van der Waals surface area contributed by atoms with Crippen molar-refractivity contribution in [3.05, 3.63) is 0 Å². The molecule has 17 heavy (non-hydrogen) atoms. The van der Waals surface area contributed by atoms with E-state index in [1.165, 1.54) is 25.7 Å². The van der Waals surface area contributed by atoms with Crippen LogP contribution in [0.15, 0.2) is 0 Å². The predicted molar refractivity (Wildman–Crippen MR) is 71.9 cm³/mol.